The Kier molecular flexibility index (Phi) is 7.30. The number of phosphoric ester groups is 1. The smallest absolute Gasteiger partial charge is 0.331 e. The predicted molar refractivity (Wildman–Crippen MR) is 69.5 cm³/mol. The van der Waals surface area contributed by atoms with Gasteiger partial charge in [-0.1, -0.05) is 34.8 Å². The quantitative estimate of drug-likeness (QED) is 0.338. The highest BCUT2D eigenvalue weighted by molar-refractivity contribution is 7.47. The molecule has 0 aromatic carbocycles. The maximum atomic E-state index is 11.3. The highest BCUT2D eigenvalue weighted by Crippen LogP contribution is 2.45. The van der Waals surface area contributed by atoms with E-state index in [2.05, 4.69) is 4.52 Å². The Hall–Kier alpha value is 0.940. The molecule has 0 saturated heterocycles. The monoisotopic (exact) mass is 328 g/mol. The summed E-state index contributed by atoms with van der Waals surface area (Å²) >= 11 is 16.1. The summed E-state index contributed by atoms with van der Waals surface area (Å²) in [5, 5.41) is 0. The summed E-state index contributed by atoms with van der Waals surface area (Å²) in [6.45, 7) is 0.425. The van der Waals surface area contributed by atoms with Gasteiger partial charge < -0.3 is 9.38 Å². The minimum absolute atomic E-state index is 0.114. The number of phosphoric acid groups is 1. The second-order valence-corrected chi connectivity index (χ2v) is 8.53. The Morgan fingerprint density at radius 1 is 1.24 bits per heavy atom. The lowest BCUT2D eigenvalue weighted by molar-refractivity contribution is -0.870. The molecule has 0 aromatic rings. The fraction of sp³-hybridized carbons (Fsp3) is 1.00. The van der Waals surface area contributed by atoms with Crippen molar-refractivity contribution in [2.24, 2.45) is 0 Å². The Morgan fingerprint density at radius 3 is 2.18 bits per heavy atom. The highest BCUT2D eigenvalue weighted by atomic mass is 35.6. The molecule has 1 atom stereocenters. The van der Waals surface area contributed by atoms with E-state index in [0.29, 0.717) is 6.42 Å². The molecule has 0 rings (SSSR count). The molecule has 0 saturated carbocycles. The molecule has 0 heterocycles. The lowest BCUT2D eigenvalue weighted by Crippen LogP contribution is -2.35. The number of rotatable bonds is 7. The number of nitrogens with zero attached hydrogens (tertiary/aromatic N) is 1. The van der Waals surface area contributed by atoms with E-state index in [1.54, 1.807) is 0 Å². The van der Waals surface area contributed by atoms with Crippen LogP contribution in [0.15, 0.2) is 0 Å². The van der Waals surface area contributed by atoms with Gasteiger partial charge in [0.2, 0.25) is 3.79 Å². The zero-order valence-corrected chi connectivity index (χ0v) is 13.2. The molecule has 0 aliphatic rings. The summed E-state index contributed by atoms with van der Waals surface area (Å²) < 4.78 is 19.6. The first-order chi connectivity index (χ1) is 7.41. The highest BCUT2D eigenvalue weighted by Gasteiger charge is 2.28. The van der Waals surface area contributed by atoms with E-state index in [-0.39, 0.29) is 6.61 Å². The molecule has 1 N–H and O–H groups in total. The zero-order valence-electron chi connectivity index (χ0n) is 10.0. The Balaban J connectivity index is 3.83. The summed E-state index contributed by atoms with van der Waals surface area (Å²) in [6, 6.07) is 0. The van der Waals surface area contributed by atoms with Crippen LogP contribution in [0.2, 0.25) is 0 Å². The number of hydrogen-bond donors (Lipinski definition) is 1. The van der Waals surface area contributed by atoms with Gasteiger partial charge in [0.05, 0.1) is 34.3 Å². The largest absolute Gasteiger partial charge is 0.472 e. The molecule has 0 radical (unpaired) electrons. The van der Waals surface area contributed by atoms with Gasteiger partial charge >= 0.3 is 7.82 Å². The van der Waals surface area contributed by atoms with Gasteiger partial charge in [0.15, 0.2) is 0 Å². The van der Waals surface area contributed by atoms with E-state index >= 15 is 0 Å². The summed E-state index contributed by atoms with van der Waals surface area (Å²) in [5.74, 6) is 0. The molecule has 1 unspecified atom stereocenters. The van der Waals surface area contributed by atoms with E-state index in [9.17, 15) is 9.46 Å². The first kappa shape index (κ1) is 17.9. The van der Waals surface area contributed by atoms with Gasteiger partial charge in [-0.15, -0.1) is 0 Å². The maximum absolute atomic E-state index is 11.3. The van der Waals surface area contributed by atoms with Crippen molar-refractivity contribution in [1.29, 1.82) is 0 Å². The fourth-order valence-corrected chi connectivity index (χ4v) is 2.09. The predicted octanol–water partition coefficient (Wildman–Crippen LogP) is 2.59. The normalized spacial score (nSPS) is 16.9. The van der Waals surface area contributed by atoms with Crippen LogP contribution in [0.1, 0.15) is 6.42 Å². The van der Waals surface area contributed by atoms with Crippen molar-refractivity contribution < 1.29 is 23.0 Å². The SMILES string of the molecule is C[N+](C)(C)CCCOP(=O)(O)OCC(Cl)(Cl)Cl. The Labute approximate surface area is 117 Å². The lowest BCUT2D eigenvalue weighted by Gasteiger charge is -2.23. The van der Waals surface area contributed by atoms with Crippen LogP contribution in [0.4, 0.5) is 0 Å². The Morgan fingerprint density at radius 2 is 1.76 bits per heavy atom. The third-order valence-corrected chi connectivity index (χ3v) is 2.91. The van der Waals surface area contributed by atoms with E-state index < -0.39 is 18.2 Å². The van der Waals surface area contributed by atoms with Gasteiger partial charge in [-0.25, -0.2) is 4.57 Å². The van der Waals surface area contributed by atoms with Gasteiger partial charge in [-0.2, -0.15) is 0 Å². The molecule has 0 spiro atoms. The third kappa shape index (κ3) is 13.2. The van der Waals surface area contributed by atoms with Crippen molar-refractivity contribution in [3.8, 4) is 0 Å². The molecule has 0 aliphatic heterocycles. The molecule has 0 amide bonds. The van der Waals surface area contributed by atoms with Crippen molar-refractivity contribution in [3.05, 3.63) is 0 Å². The number of alkyl halides is 3. The molecule has 9 heteroatoms. The van der Waals surface area contributed by atoms with Gasteiger partial charge in [-0.3, -0.25) is 9.05 Å². The average molecular weight is 330 g/mol. The van der Waals surface area contributed by atoms with Gasteiger partial charge in [0, 0.05) is 6.42 Å². The molecule has 5 nitrogen and oxygen atoms in total. The van der Waals surface area contributed by atoms with Crippen LogP contribution in [0.25, 0.3) is 0 Å². The van der Waals surface area contributed by atoms with Crippen molar-refractivity contribution in [1.82, 2.24) is 0 Å². The third-order valence-electron chi connectivity index (χ3n) is 1.62. The summed E-state index contributed by atoms with van der Waals surface area (Å²) in [7, 11) is 1.90. The first-order valence-electron chi connectivity index (χ1n) is 4.90. The molecule has 0 aliphatic carbocycles. The molecular weight excluding hydrogens is 311 g/mol. The molecule has 0 fully saturated rings. The minimum atomic E-state index is -4.13. The van der Waals surface area contributed by atoms with E-state index in [1.807, 2.05) is 21.1 Å². The van der Waals surface area contributed by atoms with Gasteiger partial charge in [0.1, 0.15) is 6.61 Å². The van der Waals surface area contributed by atoms with Crippen molar-refractivity contribution in [2.45, 2.75) is 10.2 Å². The second-order valence-electron chi connectivity index (χ2n) is 4.56. The first-order valence-corrected chi connectivity index (χ1v) is 7.53. The van der Waals surface area contributed by atoms with Crippen LogP contribution in [-0.2, 0) is 13.6 Å². The van der Waals surface area contributed by atoms with E-state index in [4.69, 9.17) is 39.3 Å². The number of halogens is 3. The van der Waals surface area contributed by atoms with Crippen molar-refractivity contribution >= 4 is 42.6 Å². The minimum Gasteiger partial charge on any atom is -0.331 e. The lowest BCUT2D eigenvalue weighted by atomic mass is 10.4. The molecule has 104 valence electrons. The topological polar surface area (TPSA) is 55.8 Å². The molecule has 0 aromatic heterocycles. The van der Waals surface area contributed by atoms with Crippen LogP contribution in [0.3, 0.4) is 0 Å². The Bertz CT molecular complexity index is 277. The van der Waals surface area contributed by atoms with Crippen LogP contribution >= 0.6 is 42.6 Å². The summed E-state index contributed by atoms with van der Waals surface area (Å²) in [5.41, 5.74) is 0. The van der Waals surface area contributed by atoms with Crippen molar-refractivity contribution in [3.63, 3.8) is 0 Å². The zero-order chi connectivity index (χ0) is 13.7. The number of quaternary nitrogens is 1. The fourth-order valence-electron chi connectivity index (χ4n) is 0.911. The summed E-state index contributed by atoms with van der Waals surface area (Å²) in [4.78, 5) is 9.24. The standard InChI is InChI=1S/C8H17Cl3NO4P/c1-12(2,3)5-4-6-15-17(13,14)16-7-8(9,10)11/h4-7H2,1-3H3/p+1. The maximum Gasteiger partial charge on any atom is 0.472 e. The van der Waals surface area contributed by atoms with Crippen LogP contribution in [0.5, 0.6) is 0 Å². The van der Waals surface area contributed by atoms with Crippen LogP contribution in [-0.4, -0.2) is 54.1 Å². The van der Waals surface area contributed by atoms with Gasteiger partial charge in [0.25, 0.3) is 0 Å². The van der Waals surface area contributed by atoms with E-state index in [1.165, 1.54) is 0 Å². The molecular formula is C8H18Cl3NO4P+. The average Bonchev–Trinajstić information content (AvgIpc) is 2.07. The van der Waals surface area contributed by atoms with Crippen LogP contribution < -0.4 is 0 Å². The molecule has 0 bridgehead atoms. The second kappa shape index (κ2) is 6.92. The van der Waals surface area contributed by atoms with Crippen LogP contribution in [0, 0.1) is 0 Å². The molecule has 17 heavy (non-hydrogen) atoms. The summed E-state index contributed by atoms with van der Waals surface area (Å²) in [6.07, 6.45) is 0.630. The number of hydrogen-bond acceptors (Lipinski definition) is 3. The van der Waals surface area contributed by atoms with Crippen molar-refractivity contribution in [2.75, 3.05) is 40.9 Å². The van der Waals surface area contributed by atoms with Gasteiger partial charge in [-0.05, 0) is 0 Å². The van der Waals surface area contributed by atoms with E-state index in [0.717, 1.165) is 11.0 Å².